The fraction of sp³-hybridized carbons (Fsp3) is 0.560. The maximum absolute atomic E-state index is 11.9. The zero-order valence-corrected chi connectivity index (χ0v) is 19.0. The monoisotopic (exact) mass is 428 g/mol. The molecule has 0 bridgehead atoms. The van der Waals surface area contributed by atoms with Gasteiger partial charge in [0.05, 0.1) is 19.0 Å². The molecule has 0 atom stereocenters. The second-order valence-corrected chi connectivity index (χ2v) is 7.57. The minimum atomic E-state index is -0.182. The van der Waals surface area contributed by atoms with E-state index in [9.17, 15) is 4.79 Å². The molecule has 1 aromatic carbocycles. The van der Waals surface area contributed by atoms with Crippen LogP contribution in [0.2, 0.25) is 0 Å². The predicted octanol–water partition coefficient (Wildman–Crippen LogP) is 6.00. The lowest BCUT2D eigenvalue weighted by Crippen LogP contribution is -2.07. The van der Waals surface area contributed by atoms with Gasteiger partial charge in [-0.25, -0.2) is 9.97 Å². The Morgan fingerprint density at radius 3 is 2.19 bits per heavy atom. The van der Waals surface area contributed by atoms with Crippen molar-refractivity contribution in [1.82, 2.24) is 9.97 Å². The highest BCUT2D eigenvalue weighted by atomic mass is 16.5. The molecule has 0 aliphatic heterocycles. The molecule has 2 aromatic rings. The first kappa shape index (κ1) is 24.8. The van der Waals surface area contributed by atoms with E-state index in [0.717, 1.165) is 50.9 Å². The third-order valence-corrected chi connectivity index (χ3v) is 4.76. The summed E-state index contributed by atoms with van der Waals surface area (Å²) in [6, 6.07) is 7.27. The molecule has 1 heterocycles. The molecule has 6 nitrogen and oxygen atoms in total. The van der Waals surface area contributed by atoms with Crippen LogP contribution in [0.15, 0.2) is 36.7 Å². The highest BCUT2D eigenvalue weighted by Crippen LogP contribution is 2.21. The molecule has 0 unspecified atom stereocenters. The van der Waals surface area contributed by atoms with Crippen LogP contribution >= 0.6 is 0 Å². The summed E-state index contributed by atoms with van der Waals surface area (Å²) in [6.45, 7) is 6.50. The van der Waals surface area contributed by atoms with E-state index < -0.39 is 0 Å². The quantitative estimate of drug-likeness (QED) is 0.186. The van der Waals surface area contributed by atoms with Crippen molar-refractivity contribution >= 4 is 5.97 Å². The maximum atomic E-state index is 11.9. The molecule has 0 N–H and O–H groups in total. The van der Waals surface area contributed by atoms with Gasteiger partial charge in [0.2, 0.25) is 0 Å². The number of nitrogens with zero attached hydrogens (tertiary/aromatic N) is 2. The molecule has 0 aliphatic rings. The maximum Gasteiger partial charge on any atom is 0.311 e. The summed E-state index contributed by atoms with van der Waals surface area (Å²) < 4.78 is 16.5. The van der Waals surface area contributed by atoms with Crippen molar-refractivity contribution in [3.63, 3.8) is 0 Å². The summed E-state index contributed by atoms with van der Waals surface area (Å²) in [7, 11) is 0. The second kappa shape index (κ2) is 15.3. The van der Waals surface area contributed by atoms with E-state index in [1.54, 1.807) is 24.5 Å². The SMILES string of the molecule is CCCCCCCC(=O)Oc1ccc(-c2ncc(OCCCCOCCC)cn2)cc1. The van der Waals surface area contributed by atoms with Crippen LogP contribution in [-0.2, 0) is 9.53 Å². The number of benzene rings is 1. The Balaban J connectivity index is 1.71. The van der Waals surface area contributed by atoms with Crippen LogP contribution in [0, 0.1) is 0 Å². The largest absolute Gasteiger partial charge is 0.490 e. The topological polar surface area (TPSA) is 70.5 Å². The summed E-state index contributed by atoms with van der Waals surface area (Å²) in [4.78, 5) is 20.7. The number of ether oxygens (including phenoxy) is 3. The number of carbonyl (C=O) groups is 1. The Morgan fingerprint density at radius 2 is 1.48 bits per heavy atom. The lowest BCUT2D eigenvalue weighted by molar-refractivity contribution is -0.134. The van der Waals surface area contributed by atoms with Crippen LogP contribution in [0.3, 0.4) is 0 Å². The molecule has 0 saturated heterocycles. The van der Waals surface area contributed by atoms with Crippen LogP contribution in [0.25, 0.3) is 11.4 Å². The number of esters is 1. The van der Waals surface area contributed by atoms with Gasteiger partial charge in [-0.15, -0.1) is 0 Å². The van der Waals surface area contributed by atoms with E-state index in [2.05, 4.69) is 23.8 Å². The first-order valence-corrected chi connectivity index (χ1v) is 11.6. The average Bonchev–Trinajstić information content (AvgIpc) is 2.79. The molecule has 0 saturated carbocycles. The standard InChI is InChI=1S/C25H36N2O4/c1-3-5-6-7-8-11-24(28)31-22-14-12-21(13-15-22)25-26-19-23(20-27-25)30-18-10-9-17-29-16-4-2/h12-15,19-20H,3-11,16-18H2,1-2H3. The van der Waals surface area contributed by atoms with Gasteiger partial charge in [0, 0.05) is 25.2 Å². The van der Waals surface area contributed by atoms with Crippen LogP contribution < -0.4 is 9.47 Å². The van der Waals surface area contributed by atoms with E-state index in [-0.39, 0.29) is 5.97 Å². The highest BCUT2D eigenvalue weighted by Gasteiger charge is 2.07. The highest BCUT2D eigenvalue weighted by molar-refractivity contribution is 5.72. The molecule has 170 valence electrons. The molecule has 6 heteroatoms. The van der Waals surface area contributed by atoms with E-state index in [0.29, 0.717) is 30.4 Å². The number of rotatable bonds is 16. The van der Waals surface area contributed by atoms with Crippen molar-refractivity contribution in [2.45, 2.75) is 71.6 Å². The van der Waals surface area contributed by atoms with Crippen LogP contribution in [0.4, 0.5) is 0 Å². The van der Waals surface area contributed by atoms with Crippen molar-refractivity contribution < 1.29 is 19.0 Å². The lowest BCUT2D eigenvalue weighted by Gasteiger charge is -2.07. The average molecular weight is 429 g/mol. The van der Waals surface area contributed by atoms with Gasteiger partial charge < -0.3 is 14.2 Å². The van der Waals surface area contributed by atoms with E-state index in [1.165, 1.54) is 19.3 Å². The molecule has 0 fully saturated rings. The van der Waals surface area contributed by atoms with Crippen LogP contribution in [0.1, 0.15) is 71.6 Å². The van der Waals surface area contributed by atoms with Crippen molar-refractivity contribution in [3.05, 3.63) is 36.7 Å². The van der Waals surface area contributed by atoms with Crippen molar-refractivity contribution in [2.75, 3.05) is 19.8 Å². The first-order valence-electron chi connectivity index (χ1n) is 11.6. The van der Waals surface area contributed by atoms with E-state index >= 15 is 0 Å². The number of carbonyl (C=O) groups excluding carboxylic acids is 1. The normalized spacial score (nSPS) is 10.8. The van der Waals surface area contributed by atoms with Crippen molar-refractivity contribution in [3.8, 4) is 22.9 Å². The zero-order valence-electron chi connectivity index (χ0n) is 19.0. The molecule has 0 amide bonds. The fourth-order valence-corrected chi connectivity index (χ4v) is 3.01. The second-order valence-electron chi connectivity index (χ2n) is 7.57. The smallest absolute Gasteiger partial charge is 0.311 e. The molecular weight excluding hydrogens is 392 g/mol. The Hall–Kier alpha value is -2.47. The first-order chi connectivity index (χ1) is 15.2. The number of unbranched alkanes of at least 4 members (excludes halogenated alkanes) is 5. The van der Waals surface area contributed by atoms with Crippen molar-refractivity contribution in [1.29, 1.82) is 0 Å². The molecular formula is C25H36N2O4. The lowest BCUT2D eigenvalue weighted by atomic mass is 10.1. The van der Waals surface area contributed by atoms with E-state index in [4.69, 9.17) is 14.2 Å². The van der Waals surface area contributed by atoms with Gasteiger partial charge in [-0.05, 0) is 49.9 Å². The summed E-state index contributed by atoms with van der Waals surface area (Å²) >= 11 is 0. The zero-order chi connectivity index (χ0) is 22.2. The van der Waals surface area contributed by atoms with Gasteiger partial charge in [-0.2, -0.15) is 0 Å². The van der Waals surface area contributed by atoms with Gasteiger partial charge in [0.1, 0.15) is 5.75 Å². The van der Waals surface area contributed by atoms with Gasteiger partial charge in [0.25, 0.3) is 0 Å². The van der Waals surface area contributed by atoms with Gasteiger partial charge in [-0.3, -0.25) is 4.79 Å². The molecule has 0 spiro atoms. The molecule has 1 aromatic heterocycles. The van der Waals surface area contributed by atoms with Gasteiger partial charge >= 0.3 is 5.97 Å². The summed E-state index contributed by atoms with van der Waals surface area (Å²) in [5, 5.41) is 0. The molecule has 0 aliphatic carbocycles. The Labute approximate surface area is 186 Å². The Kier molecular flexibility index (Phi) is 12.3. The van der Waals surface area contributed by atoms with Gasteiger partial charge in [-0.1, -0.05) is 39.5 Å². The number of aromatic nitrogens is 2. The van der Waals surface area contributed by atoms with Crippen LogP contribution in [-0.4, -0.2) is 35.8 Å². The van der Waals surface area contributed by atoms with Crippen LogP contribution in [0.5, 0.6) is 11.5 Å². The fourth-order valence-electron chi connectivity index (χ4n) is 3.01. The molecule has 2 rings (SSSR count). The minimum Gasteiger partial charge on any atom is -0.490 e. The molecule has 31 heavy (non-hydrogen) atoms. The molecule has 0 radical (unpaired) electrons. The van der Waals surface area contributed by atoms with E-state index in [1.807, 2.05) is 12.1 Å². The Morgan fingerprint density at radius 1 is 0.774 bits per heavy atom. The summed E-state index contributed by atoms with van der Waals surface area (Å²) in [5.41, 5.74) is 0.860. The third-order valence-electron chi connectivity index (χ3n) is 4.76. The summed E-state index contributed by atoms with van der Waals surface area (Å²) in [6.07, 6.45) is 12.3. The number of hydrogen-bond donors (Lipinski definition) is 0. The van der Waals surface area contributed by atoms with Gasteiger partial charge in [0.15, 0.2) is 11.6 Å². The Bertz CT molecular complexity index is 732. The predicted molar refractivity (Wildman–Crippen MR) is 122 cm³/mol. The van der Waals surface area contributed by atoms with Crippen molar-refractivity contribution in [2.24, 2.45) is 0 Å². The third kappa shape index (κ3) is 10.4. The number of hydrogen-bond acceptors (Lipinski definition) is 6. The minimum absolute atomic E-state index is 0.182. The summed E-state index contributed by atoms with van der Waals surface area (Å²) in [5.74, 6) is 1.63.